The molecule has 0 aromatic rings. The van der Waals surface area contributed by atoms with Crippen molar-refractivity contribution < 1.29 is 5.11 Å². The van der Waals surface area contributed by atoms with Crippen molar-refractivity contribution in [3.8, 4) is 0 Å². The van der Waals surface area contributed by atoms with Crippen LogP contribution in [-0.2, 0) is 0 Å². The number of rotatable bonds is 0. The number of aliphatic hydroxyl groups is 1. The monoisotopic (exact) mass is 156 g/mol. The normalized spacial score (nSPS) is 41.2. The van der Waals surface area contributed by atoms with E-state index in [0.29, 0.717) is 5.92 Å². The van der Waals surface area contributed by atoms with Crippen molar-refractivity contribution in [2.24, 2.45) is 5.92 Å². The van der Waals surface area contributed by atoms with Crippen molar-refractivity contribution in [1.82, 2.24) is 0 Å². The zero-order valence-electron chi connectivity index (χ0n) is 7.77. The Morgan fingerprint density at radius 1 is 1.18 bits per heavy atom. The highest BCUT2D eigenvalue weighted by atomic mass is 16.3. The lowest BCUT2D eigenvalue weighted by molar-refractivity contribution is -0.0120. The second-order valence-electron chi connectivity index (χ2n) is 4.21. The fraction of sp³-hybridized carbons (Fsp3) is 1.00. The number of hydrogen-bond donors (Lipinski definition) is 1. The van der Waals surface area contributed by atoms with Crippen molar-refractivity contribution in [3.63, 3.8) is 0 Å². The molecule has 1 N–H and O–H groups in total. The van der Waals surface area contributed by atoms with Crippen LogP contribution < -0.4 is 0 Å². The van der Waals surface area contributed by atoms with Crippen LogP contribution in [0.15, 0.2) is 0 Å². The lowest BCUT2D eigenvalue weighted by atomic mass is 9.80. The minimum atomic E-state index is -0.388. The van der Waals surface area contributed by atoms with Gasteiger partial charge in [0.1, 0.15) is 0 Å². The van der Waals surface area contributed by atoms with E-state index in [1.807, 2.05) is 6.92 Å². The van der Waals surface area contributed by atoms with Crippen LogP contribution in [0.4, 0.5) is 0 Å². The van der Waals surface area contributed by atoms with Crippen LogP contribution >= 0.6 is 0 Å². The molecule has 0 aromatic heterocycles. The van der Waals surface area contributed by atoms with E-state index in [4.69, 9.17) is 0 Å². The largest absolute Gasteiger partial charge is 0.390 e. The SMILES string of the molecule is CC1CCCCCCC1(C)O. The molecule has 1 aliphatic carbocycles. The molecule has 1 heteroatoms. The van der Waals surface area contributed by atoms with E-state index in [-0.39, 0.29) is 5.60 Å². The third-order valence-electron chi connectivity index (χ3n) is 3.13. The van der Waals surface area contributed by atoms with Crippen molar-refractivity contribution in [1.29, 1.82) is 0 Å². The average Bonchev–Trinajstić information content (AvgIpc) is 1.93. The van der Waals surface area contributed by atoms with Crippen LogP contribution in [0.25, 0.3) is 0 Å². The second kappa shape index (κ2) is 3.57. The summed E-state index contributed by atoms with van der Waals surface area (Å²) in [4.78, 5) is 0. The van der Waals surface area contributed by atoms with E-state index in [9.17, 15) is 5.11 Å². The Kier molecular flexibility index (Phi) is 2.94. The van der Waals surface area contributed by atoms with Crippen molar-refractivity contribution >= 4 is 0 Å². The molecular weight excluding hydrogens is 136 g/mol. The van der Waals surface area contributed by atoms with Gasteiger partial charge >= 0.3 is 0 Å². The Bertz CT molecular complexity index is 118. The molecule has 1 fully saturated rings. The van der Waals surface area contributed by atoms with Gasteiger partial charge in [-0.15, -0.1) is 0 Å². The van der Waals surface area contributed by atoms with Crippen molar-refractivity contribution in [3.05, 3.63) is 0 Å². The molecule has 1 nitrogen and oxygen atoms in total. The maximum absolute atomic E-state index is 9.95. The van der Waals surface area contributed by atoms with Gasteiger partial charge in [0.25, 0.3) is 0 Å². The fourth-order valence-corrected chi connectivity index (χ4v) is 1.84. The molecule has 66 valence electrons. The molecule has 1 saturated carbocycles. The molecule has 0 bridgehead atoms. The quantitative estimate of drug-likeness (QED) is 0.571. The zero-order chi connectivity index (χ0) is 8.32. The summed E-state index contributed by atoms with van der Waals surface area (Å²) in [7, 11) is 0. The third-order valence-corrected chi connectivity index (χ3v) is 3.13. The Labute approximate surface area is 69.8 Å². The van der Waals surface area contributed by atoms with Gasteiger partial charge in [-0.3, -0.25) is 0 Å². The summed E-state index contributed by atoms with van der Waals surface area (Å²) in [6.45, 7) is 4.16. The third kappa shape index (κ3) is 2.48. The highest BCUT2D eigenvalue weighted by Crippen LogP contribution is 2.30. The molecule has 0 aliphatic heterocycles. The predicted octanol–water partition coefficient (Wildman–Crippen LogP) is 2.73. The summed E-state index contributed by atoms with van der Waals surface area (Å²) in [5.41, 5.74) is -0.388. The van der Waals surface area contributed by atoms with Crippen LogP contribution in [0.2, 0.25) is 0 Å². The predicted molar refractivity (Wildman–Crippen MR) is 47.5 cm³/mol. The Hall–Kier alpha value is -0.0400. The molecule has 0 saturated heterocycles. The molecule has 2 unspecified atom stereocenters. The smallest absolute Gasteiger partial charge is 0.0645 e. The van der Waals surface area contributed by atoms with E-state index < -0.39 is 0 Å². The van der Waals surface area contributed by atoms with Crippen molar-refractivity contribution in [2.45, 2.75) is 58.0 Å². The molecule has 11 heavy (non-hydrogen) atoms. The van der Waals surface area contributed by atoms with Gasteiger partial charge in [-0.1, -0.05) is 32.6 Å². The first kappa shape index (κ1) is 9.05. The molecule has 0 amide bonds. The fourth-order valence-electron chi connectivity index (χ4n) is 1.84. The van der Waals surface area contributed by atoms with Gasteiger partial charge in [0.2, 0.25) is 0 Å². The first-order valence-corrected chi connectivity index (χ1v) is 4.85. The summed E-state index contributed by atoms with van der Waals surface area (Å²) in [6.07, 6.45) is 7.37. The molecule has 0 radical (unpaired) electrons. The van der Waals surface area contributed by atoms with Crippen LogP contribution in [0, 0.1) is 5.92 Å². The second-order valence-corrected chi connectivity index (χ2v) is 4.21. The zero-order valence-corrected chi connectivity index (χ0v) is 7.77. The van der Waals surface area contributed by atoms with Crippen LogP contribution in [0.1, 0.15) is 52.4 Å². The summed E-state index contributed by atoms with van der Waals surface area (Å²) in [6, 6.07) is 0. The van der Waals surface area contributed by atoms with Gasteiger partial charge < -0.3 is 5.11 Å². The van der Waals surface area contributed by atoms with Crippen LogP contribution in [0.3, 0.4) is 0 Å². The maximum Gasteiger partial charge on any atom is 0.0645 e. The van der Waals surface area contributed by atoms with Gasteiger partial charge in [-0.05, 0) is 25.7 Å². The Balaban J connectivity index is 2.47. The van der Waals surface area contributed by atoms with Gasteiger partial charge in [0.05, 0.1) is 5.60 Å². The van der Waals surface area contributed by atoms with E-state index in [0.717, 1.165) is 6.42 Å². The molecular formula is C10H20O. The topological polar surface area (TPSA) is 20.2 Å². The van der Waals surface area contributed by atoms with E-state index in [1.54, 1.807) is 0 Å². The van der Waals surface area contributed by atoms with Crippen LogP contribution in [-0.4, -0.2) is 10.7 Å². The maximum atomic E-state index is 9.95. The highest BCUT2D eigenvalue weighted by molar-refractivity contribution is 4.80. The first-order valence-electron chi connectivity index (χ1n) is 4.85. The standard InChI is InChI=1S/C10H20O/c1-9-7-5-3-4-6-8-10(9,2)11/h9,11H,3-8H2,1-2H3. The van der Waals surface area contributed by atoms with E-state index in [1.165, 1.54) is 32.1 Å². The highest BCUT2D eigenvalue weighted by Gasteiger charge is 2.28. The van der Waals surface area contributed by atoms with Crippen LogP contribution in [0.5, 0.6) is 0 Å². The lowest BCUT2D eigenvalue weighted by Gasteiger charge is -2.32. The molecule has 1 rings (SSSR count). The Morgan fingerprint density at radius 3 is 2.55 bits per heavy atom. The summed E-state index contributed by atoms with van der Waals surface area (Å²) >= 11 is 0. The minimum Gasteiger partial charge on any atom is -0.390 e. The molecule has 2 atom stereocenters. The summed E-state index contributed by atoms with van der Waals surface area (Å²) in [5.74, 6) is 0.489. The molecule has 0 spiro atoms. The first-order chi connectivity index (χ1) is 5.13. The number of hydrogen-bond acceptors (Lipinski definition) is 1. The van der Waals surface area contributed by atoms with Gasteiger partial charge in [0, 0.05) is 0 Å². The summed E-state index contributed by atoms with van der Waals surface area (Å²) < 4.78 is 0. The minimum absolute atomic E-state index is 0.388. The molecule has 1 aliphatic rings. The van der Waals surface area contributed by atoms with Gasteiger partial charge in [-0.25, -0.2) is 0 Å². The lowest BCUT2D eigenvalue weighted by Crippen LogP contribution is -2.33. The molecule has 0 aromatic carbocycles. The average molecular weight is 156 g/mol. The van der Waals surface area contributed by atoms with Crippen molar-refractivity contribution in [2.75, 3.05) is 0 Å². The Morgan fingerprint density at radius 2 is 1.82 bits per heavy atom. The summed E-state index contributed by atoms with van der Waals surface area (Å²) in [5, 5.41) is 9.95. The van der Waals surface area contributed by atoms with Gasteiger partial charge in [0.15, 0.2) is 0 Å². The van der Waals surface area contributed by atoms with E-state index >= 15 is 0 Å². The molecule has 0 heterocycles. The van der Waals surface area contributed by atoms with Gasteiger partial charge in [-0.2, -0.15) is 0 Å². The van der Waals surface area contributed by atoms with E-state index in [2.05, 4.69) is 6.92 Å².